The summed E-state index contributed by atoms with van der Waals surface area (Å²) in [5, 5.41) is 0. The first-order valence-corrected chi connectivity index (χ1v) is 7.34. The van der Waals surface area contributed by atoms with Gasteiger partial charge in [0.05, 0.1) is 0 Å². The third-order valence-corrected chi connectivity index (χ3v) is 4.20. The van der Waals surface area contributed by atoms with Gasteiger partial charge >= 0.3 is 0 Å². The fourth-order valence-electron chi connectivity index (χ4n) is 3.76. The van der Waals surface area contributed by atoms with Crippen molar-refractivity contribution in [3.05, 3.63) is 0 Å². The van der Waals surface area contributed by atoms with Crippen LogP contribution in [0.3, 0.4) is 0 Å². The Kier molecular flexibility index (Phi) is 5.03. The molecule has 0 bridgehead atoms. The van der Waals surface area contributed by atoms with Gasteiger partial charge in [-0.25, -0.2) is 0 Å². The van der Waals surface area contributed by atoms with E-state index in [4.69, 9.17) is 5.73 Å². The molecule has 0 atom stereocenters. The minimum Gasteiger partial charge on any atom is -0.330 e. The van der Waals surface area contributed by atoms with Gasteiger partial charge in [-0.1, -0.05) is 26.2 Å². The van der Waals surface area contributed by atoms with Crippen molar-refractivity contribution in [3.8, 4) is 0 Å². The van der Waals surface area contributed by atoms with E-state index in [-0.39, 0.29) is 0 Å². The number of rotatable bonds is 4. The van der Waals surface area contributed by atoms with Crippen LogP contribution >= 0.6 is 0 Å². The summed E-state index contributed by atoms with van der Waals surface area (Å²) in [4.78, 5) is 2.65. The standard InChI is InChI=1S/C9H17N.C6H15N/c1-8(2)5-7-6-9(3,4)10(7)8;1-2-3-4-5-6-7/h7H,5-6H2,1-4H3;2-7H2,1H3. The molecule has 0 aromatic carbocycles. The van der Waals surface area contributed by atoms with Crippen molar-refractivity contribution in [2.45, 2.75) is 90.3 Å². The number of nitrogens with zero attached hydrogens (tertiary/aromatic N) is 1. The van der Waals surface area contributed by atoms with Crippen LogP contribution in [0, 0.1) is 0 Å². The van der Waals surface area contributed by atoms with Crippen molar-refractivity contribution in [2.75, 3.05) is 6.54 Å². The predicted octanol–water partition coefficient (Wildman–Crippen LogP) is 3.55. The lowest BCUT2D eigenvalue weighted by Crippen LogP contribution is -2.78. The van der Waals surface area contributed by atoms with Gasteiger partial charge in [-0.05, 0) is 53.5 Å². The molecule has 0 aliphatic carbocycles. The molecule has 0 aromatic rings. The summed E-state index contributed by atoms with van der Waals surface area (Å²) >= 11 is 0. The first kappa shape index (κ1) is 15.0. The zero-order chi connectivity index (χ0) is 13.1. The van der Waals surface area contributed by atoms with Gasteiger partial charge in [-0.3, -0.25) is 4.90 Å². The summed E-state index contributed by atoms with van der Waals surface area (Å²) in [6.07, 6.45) is 7.99. The summed E-state index contributed by atoms with van der Waals surface area (Å²) in [6, 6.07) is 0.935. The Hall–Kier alpha value is -0.0800. The van der Waals surface area contributed by atoms with Gasteiger partial charge in [0.25, 0.3) is 0 Å². The van der Waals surface area contributed by atoms with Crippen LogP contribution in [-0.4, -0.2) is 28.6 Å². The van der Waals surface area contributed by atoms with E-state index in [9.17, 15) is 0 Å². The van der Waals surface area contributed by atoms with Gasteiger partial charge in [0, 0.05) is 17.1 Å². The molecule has 2 heterocycles. The van der Waals surface area contributed by atoms with Gasteiger partial charge in [0.1, 0.15) is 0 Å². The molecule has 2 aliphatic rings. The van der Waals surface area contributed by atoms with E-state index in [0.717, 1.165) is 12.6 Å². The monoisotopic (exact) mass is 240 g/mol. The largest absolute Gasteiger partial charge is 0.330 e. The Morgan fingerprint density at radius 2 is 1.53 bits per heavy atom. The van der Waals surface area contributed by atoms with Crippen molar-refractivity contribution < 1.29 is 0 Å². The average Bonchev–Trinajstić information content (AvgIpc) is 2.15. The normalized spacial score (nSPS) is 25.1. The van der Waals surface area contributed by atoms with Gasteiger partial charge in [0.15, 0.2) is 0 Å². The van der Waals surface area contributed by atoms with Crippen LogP contribution in [0.4, 0.5) is 0 Å². The lowest BCUT2D eigenvalue weighted by molar-refractivity contribution is -0.207. The van der Waals surface area contributed by atoms with E-state index in [1.165, 1.54) is 38.5 Å². The van der Waals surface area contributed by atoms with E-state index < -0.39 is 0 Å². The fraction of sp³-hybridized carbons (Fsp3) is 1.00. The van der Waals surface area contributed by atoms with E-state index in [0.29, 0.717) is 11.1 Å². The molecule has 102 valence electrons. The highest BCUT2D eigenvalue weighted by Gasteiger charge is 2.59. The number of unbranched alkanes of at least 4 members (excludes halogenated alkanes) is 3. The van der Waals surface area contributed by atoms with Gasteiger partial charge in [0.2, 0.25) is 0 Å². The molecule has 2 heteroatoms. The van der Waals surface area contributed by atoms with Crippen molar-refractivity contribution in [1.82, 2.24) is 4.90 Å². The molecule has 2 saturated heterocycles. The molecule has 0 saturated carbocycles. The maximum Gasteiger partial charge on any atom is 0.0176 e. The highest BCUT2D eigenvalue weighted by molar-refractivity contribution is 5.15. The van der Waals surface area contributed by atoms with Crippen molar-refractivity contribution in [1.29, 1.82) is 0 Å². The SMILES string of the molecule is CC1(C)CC2CC(C)(C)N21.CCCCCCN. The van der Waals surface area contributed by atoms with Gasteiger partial charge in [-0.2, -0.15) is 0 Å². The van der Waals surface area contributed by atoms with Crippen LogP contribution < -0.4 is 5.73 Å². The second-order valence-electron chi connectivity index (χ2n) is 6.91. The Morgan fingerprint density at radius 1 is 1.00 bits per heavy atom. The zero-order valence-corrected chi connectivity index (χ0v) is 12.6. The quantitative estimate of drug-likeness (QED) is 0.762. The molecular formula is C15H32N2. The number of hydrogen-bond acceptors (Lipinski definition) is 2. The van der Waals surface area contributed by atoms with Crippen LogP contribution in [0.5, 0.6) is 0 Å². The summed E-state index contributed by atoms with van der Waals surface area (Å²) in [7, 11) is 0. The summed E-state index contributed by atoms with van der Waals surface area (Å²) in [5.41, 5.74) is 6.28. The Balaban J connectivity index is 0.000000185. The van der Waals surface area contributed by atoms with E-state index in [1.54, 1.807) is 0 Å². The predicted molar refractivity (Wildman–Crippen MR) is 76.2 cm³/mol. The first-order valence-electron chi connectivity index (χ1n) is 7.34. The van der Waals surface area contributed by atoms with E-state index >= 15 is 0 Å². The van der Waals surface area contributed by atoms with Gasteiger partial charge < -0.3 is 5.73 Å². The van der Waals surface area contributed by atoms with Crippen molar-refractivity contribution in [3.63, 3.8) is 0 Å². The number of piperidine rings is 1. The lowest BCUT2D eigenvalue weighted by Gasteiger charge is -2.71. The maximum atomic E-state index is 5.27. The van der Waals surface area contributed by atoms with Crippen LogP contribution in [0.15, 0.2) is 0 Å². The lowest BCUT2D eigenvalue weighted by atomic mass is 9.64. The first-order chi connectivity index (χ1) is 7.85. The Bertz CT molecular complexity index is 211. The van der Waals surface area contributed by atoms with Crippen LogP contribution in [0.25, 0.3) is 0 Å². The van der Waals surface area contributed by atoms with Gasteiger partial charge in [-0.15, -0.1) is 0 Å². The van der Waals surface area contributed by atoms with Crippen LogP contribution in [0.2, 0.25) is 0 Å². The highest BCUT2D eigenvalue weighted by Crippen LogP contribution is 2.53. The third-order valence-electron chi connectivity index (χ3n) is 4.20. The van der Waals surface area contributed by atoms with Crippen LogP contribution in [-0.2, 0) is 0 Å². The summed E-state index contributed by atoms with van der Waals surface area (Å²) < 4.78 is 0. The fourth-order valence-corrected chi connectivity index (χ4v) is 3.76. The second-order valence-corrected chi connectivity index (χ2v) is 6.91. The molecule has 2 rings (SSSR count). The molecule has 2 N–H and O–H groups in total. The van der Waals surface area contributed by atoms with E-state index in [1.807, 2.05) is 0 Å². The zero-order valence-electron chi connectivity index (χ0n) is 12.6. The average molecular weight is 240 g/mol. The molecule has 2 nitrogen and oxygen atoms in total. The Labute approximate surface area is 108 Å². The smallest absolute Gasteiger partial charge is 0.0176 e. The molecule has 0 unspecified atom stereocenters. The highest BCUT2D eigenvalue weighted by atomic mass is 15.4. The third kappa shape index (κ3) is 3.45. The molecule has 0 spiro atoms. The summed E-state index contributed by atoms with van der Waals surface area (Å²) in [6.45, 7) is 12.5. The topological polar surface area (TPSA) is 29.3 Å². The molecule has 0 radical (unpaired) electrons. The molecule has 2 fully saturated rings. The Morgan fingerprint density at radius 3 is 1.76 bits per heavy atom. The van der Waals surface area contributed by atoms with Crippen LogP contribution in [0.1, 0.15) is 73.1 Å². The minimum atomic E-state index is 0.506. The molecule has 17 heavy (non-hydrogen) atoms. The number of fused-ring (bicyclic) bond motifs is 1. The van der Waals surface area contributed by atoms with Crippen molar-refractivity contribution >= 4 is 0 Å². The summed E-state index contributed by atoms with van der Waals surface area (Å²) in [5.74, 6) is 0. The van der Waals surface area contributed by atoms with Crippen molar-refractivity contribution in [2.24, 2.45) is 5.73 Å². The molecule has 2 aliphatic heterocycles. The molecular weight excluding hydrogens is 208 g/mol. The minimum absolute atomic E-state index is 0.506. The van der Waals surface area contributed by atoms with E-state index in [2.05, 4.69) is 39.5 Å². The molecule has 0 aromatic heterocycles. The number of hydrogen-bond donors (Lipinski definition) is 1. The number of nitrogens with two attached hydrogens (primary N) is 1. The second kappa shape index (κ2) is 5.71. The maximum absolute atomic E-state index is 5.27. The molecule has 0 amide bonds.